The van der Waals surface area contributed by atoms with Crippen LogP contribution in [0.5, 0.6) is 5.75 Å². The molecule has 2 atom stereocenters. The van der Waals surface area contributed by atoms with Crippen molar-refractivity contribution in [3.63, 3.8) is 0 Å². The van der Waals surface area contributed by atoms with Crippen LogP contribution in [0.25, 0.3) is 11.0 Å². The number of imidazole rings is 1. The second-order valence-electron chi connectivity index (χ2n) is 8.68. The summed E-state index contributed by atoms with van der Waals surface area (Å²) in [5.41, 5.74) is 3.50. The van der Waals surface area contributed by atoms with Gasteiger partial charge in [0.25, 0.3) is 0 Å². The minimum Gasteiger partial charge on any atom is -0.491 e. The van der Waals surface area contributed by atoms with Crippen LogP contribution in [0.1, 0.15) is 37.0 Å². The van der Waals surface area contributed by atoms with E-state index in [0.717, 1.165) is 42.0 Å². The molecule has 1 aliphatic rings. The Morgan fingerprint density at radius 3 is 2.62 bits per heavy atom. The number of aliphatic hydroxyl groups excluding tert-OH is 1. The zero-order valence-electron chi connectivity index (χ0n) is 19.3. The maximum Gasteiger partial charge on any atom is 0.328 e. The Morgan fingerprint density at radius 1 is 1.12 bits per heavy atom. The minimum atomic E-state index is -0.774. The fourth-order valence-electron chi connectivity index (χ4n) is 4.63. The second-order valence-corrected chi connectivity index (χ2v) is 8.68. The molecule has 2 aromatic carbocycles. The van der Waals surface area contributed by atoms with Crippen molar-refractivity contribution in [1.29, 1.82) is 0 Å². The lowest BCUT2D eigenvalue weighted by Crippen LogP contribution is -2.37. The number of ether oxygens (including phenoxy) is 1. The van der Waals surface area contributed by atoms with Crippen LogP contribution in [-0.4, -0.2) is 51.4 Å². The molecule has 1 aliphatic heterocycles. The molecule has 0 saturated carbocycles. The van der Waals surface area contributed by atoms with Crippen LogP contribution in [0.15, 0.2) is 47.3 Å². The molecule has 172 valence electrons. The van der Waals surface area contributed by atoms with E-state index in [1.165, 1.54) is 24.9 Å². The topological polar surface area (TPSA) is 71.7 Å². The summed E-state index contributed by atoms with van der Waals surface area (Å²) in [7, 11) is 3.49. The van der Waals surface area contributed by atoms with Crippen molar-refractivity contribution in [1.82, 2.24) is 19.4 Å². The van der Waals surface area contributed by atoms with Crippen LogP contribution in [-0.2, 0) is 20.6 Å². The smallest absolute Gasteiger partial charge is 0.328 e. The number of rotatable bonds is 9. The van der Waals surface area contributed by atoms with Gasteiger partial charge in [-0.1, -0.05) is 25.1 Å². The van der Waals surface area contributed by atoms with Crippen molar-refractivity contribution in [2.45, 2.75) is 38.5 Å². The maximum atomic E-state index is 12.1. The molecule has 1 fully saturated rings. The van der Waals surface area contributed by atoms with Gasteiger partial charge in [0.2, 0.25) is 0 Å². The minimum absolute atomic E-state index is 0.0802. The molecule has 0 amide bonds. The van der Waals surface area contributed by atoms with Gasteiger partial charge in [0.15, 0.2) is 0 Å². The van der Waals surface area contributed by atoms with E-state index in [1.54, 1.807) is 23.2 Å². The van der Waals surface area contributed by atoms with Crippen molar-refractivity contribution < 1.29 is 9.84 Å². The molecular weight excluding hydrogens is 404 g/mol. The van der Waals surface area contributed by atoms with Gasteiger partial charge in [-0.25, -0.2) is 4.79 Å². The molecule has 0 unspecified atom stereocenters. The van der Waals surface area contributed by atoms with Gasteiger partial charge < -0.3 is 15.2 Å². The third-order valence-electron chi connectivity index (χ3n) is 6.63. The lowest BCUT2D eigenvalue weighted by Gasteiger charge is -2.23. The Labute approximate surface area is 189 Å². The number of aromatic nitrogens is 2. The molecule has 7 nitrogen and oxygen atoms in total. The molecular formula is C25H34N4O3. The molecule has 0 bridgehead atoms. The van der Waals surface area contributed by atoms with Crippen LogP contribution >= 0.6 is 0 Å². The molecule has 2 heterocycles. The number of hydrogen-bond donors (Lipinski definition) is 2. The molecule has 0 radical (unpaired) electrons. The summed E-state index contributed by atoms with van der Waals surface area (Å²) < 4.78 is 9.00. The van der Waals surface area contributed by atoms with Gasteiger partial charge in [-0.05, 0) is 61.3 Å². The normalized spacial score (nSPS) is 17.8. The van der Waals surface area contributed by atoms with Crippen molar-refractivity contribution in [2.75, 3.05) is 26.2 Å². The zero-order chi connectivity index (χ0) is 22.7. The van der Waals surface area contributed by atoms with E-state index < -0.39 is 6.10 Å². The first-order valence-corrected chi connectivity index (χ1v) is 11.5. The highest BCUT2D eigenvalue weighted by molar-refractivity contribution is 5.76. The van der Waals surface area contributed by atoms with Gasteiger partial charge in [0.1, 0.15) is 18.5 Å². The summed E-state index contributed by atoms with van der Waals surface area (Å²) >= 11 is 0. The van der Waals surface area contributed by atoms with Gasteiger partial charge in [0, 0.05) is 33.2 Å². The number of aliphatic hydroxyl groups is 1. The molecule has 4 rings (SSSR count). The summed E-state index contributed by atoms with van der Waals surface area (Å²) in [5, 5.41) is 14.2. The third-order valence-corrected chi connectivity index (χ3v) is 6.63. The van der Waals surface area contributed by atoms with Crippen molar-refractivity contribution >= 4 is 11.0 Å². The number of fused-ring (bicyclic) bond motifs is 1. The number of likely N-dealkylation sites (tertiary alicyclic amines) is 1. The van der Waals surface area contributed by atoms with E-state index in [-0.39, 0.29) is 12.3 Å². The average Bonchev–Trinajstić information content (AvgIpc) is 3.36. The maximum absolute atomic E-state index is 12.1. The van der Waals surface area contributed by atoms with Crippen LogP contribution in [0.3, 0.4) is 0 Å². The number of aryl methyl sites for hydroxylation is 2. The average molecular weight is 439 g/mol. The first-order valence-electron chi connectivity index (χ1n) is 11.5. The largest absolute Gasteiger partial charge is 0.491 e. The van der Waals surface area contributed by atoms with E-state index >= 15 is 0 Å². The van der Waals surface area contributed by atoms with E-state index in [0.29, 0.717) is 6.04 Å². The molecule has 3 aromatic rings. The van der Waals surface area contributed by atoms with Gasteiger partial charge >= 0.3 is 5.69 Å². The summed E-state index contributed by atoms with van der Waals surface area (Å²) in [6, 6.07) is 14.2. The number of likely N-dealkylation sites (N-methyl/N-ethyl adjacent to an activating group) is 1. The monoisotopic (exact) mass is 438 g/mol. The fourth-order valence-corrected chi connectivity index (χ4v) is 4.63. The highest BCUT2D eigenvalue weighted by atomic mass is 16.5. The summed E-state index contributed by atoms with van der Waals surface area (Å²) in [6.45, 7) is 6.59. The first-order chi connectivity index (χ1) is 15.5. The van der Waals surface area contributed by atoms with Crippen LogP contribution in [0.4, 0.5) is 0 Å². The predicted octanol–water partition coefficient (Wildman–Crippen LogP) is 2.56. The SMILES string of the molecule is CCN1CCC[C@H]1CNCc1ccc(OC[C@@H](O)c2ccc3c(c2)n(C)c(=O)n3C)cc1. The Kier molecular flexibility index (Phi) is 6.98. The Hall–Kier alpha value is -2.61. The van der Waals surface area contributed by atoms with Crippen molar-refractivity contribution in [3.05, 3.63) is 64.1 Å². The van der Waals surface area contributed by atoms with E-state index in [1.807, 2.05) is 30.3 Å². The molecule has 7 heteroatoms. The number of nitrogens with zero attached hydrogens (tertiary/aromatic N) is 3. The summed E-state index contributed by atoms with van der Waals surface area (Å²) in [6.07, 6.45) is 1.81. The van der Waals surface area contributed by atoms with Crippen molar-refractivity contribution in [2.24, 2.45) is 14.1 Å². The van der Waals surface area contributed by atoms with Gasteiger partial charge in [-0.2, -0.15) is 0 Å². The Balaban J connectivity index is 1.29. The standard InChI is InChI=1S/C25H34N4O3/c1-4-29-13-5-6-20(29)16-26-15-18-7-10-21(11-8-18)32-17-24(30)19-9-12-22-23(14-19)28(3)25(31)27(22)2/h7-12,14,20,24,26,30H,4-6,13,15-17H2,1-3H3/t20-,24+/m0/s1. The lowest BCUT2D eigenvalue weighted by atomic mass is 10.1. The molecule has 1 aromatic heterocycles. The van der Waals surface area contributed by atoms with Gasteiger partial charge in [-0.15, -0.1) is 0 Å². The molecule has 0 aliphatic carbocycles. The summed E-state index contributed by atoms with van der Waals surface area (Å²) in [5.74, 6) is 0.731. The van der Waals surface area contributed by atoms with E-state index in [9.17, 15) is 9.90 Å². The number of benzene rings is 2. The fraction of sp³-hybridized carbons (Fsp3) is 0.480. The molecule has 0 spiro atoms. The first kappa shape index (κ1) is 22.6. The second kappa shape index (κ2) is 9.90. The number of hydrogen-bond acceptors (Lipinski definition) is 5. The predicted molar refractivity (Wildman–Crippen MR) is 127 cm³/mol. The quantitative estimate of drug-likeness (QED) is 0.537. The van der Waals surface area contributed by atoms with Gasteiger partial charge in [0.05, 0.1) is 11.0 Å². The zero-order valence-corrected chi connectivity index (χ0v) is 19.3. The van der Waals surface area contributed by atoms with Gasteiger partial charge in [-0.3, -0.25) is 14.0 Å². The lowest BCUT2D eigenvalue weighted by molar-refractivity contribution is 0.108. The van der Waals surface area contributed by atoms with Crippen molar-refractivity contribution in [3.8, 4) is 5.75 Å². The van der Waals surface area contributed by atoms with Crippen LogP contribution in [0.2, 0.25) is 0 Å². The molecule has 2 N–H and O–H groups in total. The highest BCUT2D eigenvalue weighted by Crippen LogP contribution is 2.21. The molecule has 32 heavy (non-hydrogen) atoms. The Morgan fingerprint density at radius 2 is 1.88 bits per heavy atom. The molecule has 1 saturated heterocycles. The summed E-state index contributed by atoms with van der Waals surface area (Å²) in [4.78, 5) is 14.6. The highest BCUT2D eigenvalue weighted by Gasteiger charge is 2.22. The van der Waals surface area contributed by atoms with E-state index in [4.69, 9.17) is 4.74 Å². The van der Waals surface area contributed by atoms with E-state index in [2.05, 4.69) is 29.3 Å². The van der Waals surface area contributed by atoms with Crippen LogP contribution in [0, 0.1) is 0 Å². The number of nitrogens with one attached hydrogen (secondary N) is 1. The third kappa shape index (κ3) is 4.75. The van der Waals surface area contributed by atoms with Crippen LogP contribution < -0.4 is 15.7 Å². The Bertz CT molecular complexity index is 1100.